The van der Waals surface area contributed by atoms with E-state index in [1.54, 1.807) is 5.32 Å². The molecule has 2 N–H and O–H groups in total. The number of hydrogen-bond acceptors (Lipinski definition) is 2. The van der Waals surface area contributed by atoms with Crippen LogP contribution in [0.1, 0.15) is 6.42 Å². The fourth-order valence-corrected chi connectivity index (χ4v) is 1.19. The molecule has 1 amide bonds. The molecule has 0 spiro atoms. The smallest absolute Gasteiger partial charge is 0.394 e. The quantitative estimate of drug-likeness (QED) is 0.628. The molecule has 1 aliphatic rings. The van der Waals surface area contributed by atoms with Gasteiger partial charge in [0.2, 0.25) is 5.91 Å². The summed E-state index contributed by atoms with van der Waals surface area (Å²) in [5.74, 6) is -4.65. The van der Waals surface area contributed by atoms with E-state index < -0.39 is 36.4 Å². The van der Waals surface area contributed by atoms with Crippen LogP contribution in [0.2, 0.25) is 0 Å². The van der Waals surface area contributed by atoms with Crippen LogP contribution in [-0.4, -0.2) is 29.2 Å². The number of rotatable bonds is 1. The fraction of sp³-hybridized carbons (Fsp3) is 0.667. The summed E-state index contributed by atoms with van der Waals surface area (Å²) >= 11 is 0. The predicted octanol–water partition coefficient (Wildman–Crippen LogP) is 0.138. The van der Waals surface area contributed by atoms with Gasteiger partial charge in [-0.1, -0.05) is 0 Å². The molecule has 4 nitrogen and oxygen atoms in total. The van der Waals surface area contributed by atoms with Gasteiger partial charge < -0.3 is 10.4 Å². The first-order valence-electron chi connectivity index (χ1n) is 3.41. The molecule has 1 saturated heterocycles. The van der Waals surface area contributed by atoms with Crippen molar-refractivity contribution in [1.29, 1.82) is 0 Å². The summed E-state index contributed by atoms with van der Waals surface area (Å²) in [6.07, 6.45) is -5.46. The highest BCUT2D eigenvalue weighted by Gasteiger charge is 2.52. The normalized spacial score (nSPS) is 28.7. The van der Waals surface area contributed by atoms with Crippen LogP contribution in [0.3, 0.4) is 0 Å². The van der Waals surface area contributed by atoms with Gasteiger partial charge in [-0.2, -0.15) is 13.2 Å². The van der Waals surface area contributed by atoms with Gasteiger partial charge in [0.25, 0.3) is 0 Å². The molecule has 1 aliphatic heterocycles. The first-order chi connectivity index (χ1) is 5.82. The van der Waals surface area contributed by atoms with E-state index in [-0.39, 0.29) is 0 Å². The van der Waals surface area contributed by atoms with Crippen molar-refractivity contribution in [3.8, 4) is 0 Å². The monoisotopic (exact) mass is 197 g/mol. The molecule has 74 valence electrons. The summed E-state index contributed by atoms with van der Waals surface area (Å²) in [6, 6.07) is -1.84. The van der Waals surface area contributed by atoms with Gasteiger partial charge >= 0.3 is 12.1 Å². The first-order valence-corrected chi connectivity index (χ1v) is 3.41. The maximum atomic E-state index is 12.1. The molecule has 0 aliphatic carbocycles. The molecule has 0 aromatic carbocycles. The SMILES string of the molecule is O=C1C[C@H](C(F)(F)F)[C@H](C(=O)O)N1. The van der Waals surface area contributed by atoms with Gasteiger partial charge in [-0.25, -0.2) is 4.79 Å². The molecule has 0 aromatic heterocycles. The molecule has 0 unspecified atom stereocenters. The van der Waals surface area contributed by atoms with Crippen LogP contribution in [0.15, 0.2) is 0 Å². The summed E-state index contributed by atoms with van der Waals surface area (Å²) in [4.78, 5) is 20.8. The van der Waals surface area contributed by atoms with Gasteiger partial charge in [-0.05, 0) is 0 Å². The second-order valence-corrected chi connectivity index (χ2v) is 2.74. The minimum absolute atomic E-state index is 0.805. The zero-order valence-corrected chi connectivity index (χ0v) is 6.26. The van der Waals surface area contributed by atoms with Crippen LogP contribution in [-0.2, 0) is 9.59 Å². The summed E-state index contributed by atoms with van der Waals surface area (Å²) in [5.41, 5.74) is 0. The first kappa shape index (κ1) is 9.82. The van der Waals surface area contributed by atoms with Crippen LogP contribution in [0.25, 0.3) is 0 Å². The molecular formula is C6H6F3NO3. The van der Waals surface area contributed by atoms with E-state index in [4.69, 9.17) is 5.11 Å². The average Bonchev–Trinajstić information content (AvgIpc) is 2.29. The Morgan fingerprint density at radius 1 is 1.54 bits per heavy atom. The summed E-state index contributed by atoms with van der Waals surface area (Å²) < 4.78 is 36.3. The van der Waals surface area contributed by atoms with Crippen molar-refractivity contribution in [1.82, 2.24) is 5.32 Å². The largest absolute Gasteiger partial charge is 0.480 e. The number of carboxylic acid groups (broad SMARTS) is 1. The second kappa shape index (κ2) is 2.90. The Labute approximate surface area is 70.7 Å². The number of carbonyl (C=O) groups is 2. The topological polar surface area (TPSA) is 66.4 Å². The minimum Gasteiger partial charge on any atom is -0.480 e. The van der Waals surface area contributed by atoms with E-state index in [0.29, 0.717) is 0 Å². The third-order valence-electron chi connectivity index (χ3n) is 1.81. The summed E-state index contributed by atoms with van der Waals surface area (Å²) in [7, 11) is 0. The highest BCUT2D eigenvalue weighted by molar-refractivity contribution is 5.88. The second-order valence-electron chi connectivity index (χ2n) is 2.74. The average molecular weight is 197 g/mol. The lowest BCUT2D eigenvalue weighted by atomic mass is 10.0. The molecule has 13 heavy (non-hydrogen) atoms. The van der Waals surface area contributed by atoms with Gasteiger partial charge in [0.1, 0.15) is 6.04 Å². The van der Waals surface area contributed by atoms with Crippen molar-refractivity contribution in [2.45, 2.75) is 18.6 Å². The molecule has 1 rings (SSSR count). The predicted molar refractivity (Wildman–Crippen MR) is 33.7 cm³/mol. The van der Waals surface area contributed by atoms with Crippen molar-refractivity contribution in [2.24, 2.45) is 5.92 Å². The Kier molecular flexibility index (Phi) is 2.19. The van der Waals surface area contributed by atoms with Crippen LogP contribution in [0.4, 0.5) is 13.2 Å². The number of halogens is 3. The Balaban J connectivity index is 2.84. The third kappa shape index (κ3) is 1.90. The van der Waals surface area contributed by atoms with Crippen LogP contribution in [0, 0.1) is 5.92 Å². The lowest BCUT2D eigenvalue weighted by molar-refractivity contribution is -0.184. The highest BCUT2D eigenvalue weighted by Crippen LogP contribution is 2.34. The fourth-order valence-electron chi connectivity index (χ4n) is 1.19. The summed E-state index contributed by atoms with van der Waals surface area (Å²) in [5, 5.41) is 10.1. The van der Waals surface area contributed by atoms with E-state index in [2.05, 4.69) is 0 Å². The highest BCUT2D eigenvalue weighted by atomic mass is 19.4. The molecule has 0 bridgehead atoms. The Morgan fingerprint density at radius 3 is 2.38 bits per heavy atom. The Morgan fingerprint density at radius 2 is 2.08 bits per heavy atom. The van der Waals surface area contributed by atoms with Gasteiger partial charge in [0.15, 0.2) is 0 Å². The Hall–Kier alpha value is -1.27. The minimum atomic E-state index is -4.65. The molecule has 1 fully saturated rings. The van der Waals surface area contributed by atoms with Gasteiger partial charge in [-0.3, -0.25) is 4.79 Å². The molecule has 0 radical (unpaired) electrons. The molecule has 0 saturated carbocycles. The number of nitrogens with one attached hydrogen (secondary N) is 1. The maximum absolute atomic E-state index is 12.1. The molecule has 2 atom stereocenters. The number of amides is 1. The van der Waals surface area contributed by atoms with Crippen LogP contribution >= 0.6 is 0 Å². The van der Waals surface area contributed by atoms with Crippen molar-refractivity contribution < 1.29 is 27.9 Å². The van der Waals surface area contributed by atoms with Crippen molar-refractivity contribution in [3.63, 3.8) is 0 Å². The molecule has 0 aromatic rings. The van der Waals surface area contributed by atoms with E-state index in [9.17, 15) is 22.8 Å². The van der Waals surface area contributed by atoms with E-state index in [1.807, 2.05) is 0 Å². The van der Waals surface area contributed by atoms with Gasteiger partial charge in [-0.15, -0.1) is 0 Å². The number of carboxylic acids is 1. The number of alkyl halides is 3. The molecule has 7 heteroatoms. The zero-order chi connectivity index (χ0) is 10.2. The lowest BCUT2D eigenvalue weighted by Gasteiger charge is -2.17. The van der Waals surface area contributed by atoms with Crippen molar-refractivity contribution >= 4 is 11.9 Å². The number of aliphatic carboxylic acids is 1. The summed E-state index contributed by atoms with van der Waals surface area (Å²) in [6.45, 7) is 0. The standard InChI is InChI=1S/C6H6F3NO3/c7-6(8,9)2-1-3(11)10-4(2)5(12)13/h2,4H,1H2,(H,10,11)(H,12,13)/t2-,4+/m0/s1. The van der Waals surface area contributed by atoms with Crippen LogP contribution in [0.5, 0.6) is 0 Å². The molecular weight excluding hydrogens is 191 g/mol. The van der Waals surface area contributed by atoms with Gasteiger partial charge in [0.05, 0.1) is 5.92 Å². The number of carbonyl (C=O) groups excluding carboxylic acids is 1. The van der Waals surface area contributed by atoms with Gasteiger partial charge in [0, 0.05) is 6.42 Å². The van der Waals surface area contributed by atoms with Crippen LogP contribution < -0.4 is 5.32 Å². The lowest BCUT2D eigenvalue weighted by Crippen LogP contribution is -2.42. The number of hydrogen-bond donors (Lipinski definition) is 2. The Bertz CT molecular complexity index is 250. The van der Waals surface area contributed by atoms with E-state index >= 15 is 0 Å². The zero-order valence-electron chi connectivity index (χ0n) is 6.26. The maximum Gasteiger partial charge on any atom is 0.394 e. The van der Waals surface area contributed by atoms with E-state index in [1.165, 1.54) is 0 Å². The third-order valence-corrected chi connectivity index (χ3v) is 1.81. The van der Waals surface area contributed by atoms with Crippen molar-refractivity contribution in [3.05, 3.63) is 0 Å². The van der Waals surface area contributed by atoms with E-state index in [0.717, 1.165) is 0 Å². The van der Waals surface area contributed by atoms with Crippen molar-refractivity contribution in [2.75, 3.05) is 0 Å². The molecule has 1 heterocycles.